The van der Waals surface area contributed by atoms with Crippen LogP contribution in [-0.4, -0.2) is 15.8 Å². The van der Waals surface area contributed by atoms with Crippen molar-refractivity contribution < 1.29 is 14.1 Å². The van der Waals surface area contributed by atoms with Crippen LogP contribution in [0.4, 0.5) is 11.4 Å². The Hall–Kier alpha value is -3.97. The van der Waals surface area contributed by atoms with Crippen molar-refractivity contribution in [2.24, 2.45) is 0 Å². The summed E-state index contributed by atoms with van der Waals surface area (Å²) >= 11 is 5.79. The van der Waals surface area contributed by atoms with Crippen LogP contribution in [0.25, 0.3) is 28.6 Å². The van der Waals surface area contributed by atoms with Crippen molar-refractivity contribution in [1.82, 2.24) is 4.98 Å². The monoisotopic (exact) mass is 419 g/mol. The Morgan fingerprint density at radius 2 is 1.90 bits per heavy atom. The zero-order valence-electron chi connectivity index (χ0n) is 15.4. The lowest BCUT2D eigenvalue weighted by Gasteiger charge is -2.01. The molecule has 0 bridgehead atoms. The summed E-state index contributed by atoms with van der Waals surface area (Å²) in [4.78, 5) is 27.1. The molecule has 3 aromatic carbocycles. The second-order valence-electron chi connectivity index (χ2n) is 6.36. The predicted octanol–water partition coefficient (Wildman–Crippen LogP) is 5.71. The molecule has 0 aliphatic rings. The Bertz CT molecular complexity index is 1280. The van der Waals surface area contributed by atoms with Gasteiger partial charge in [-0.3, -0.25) is 14.9 Å². The second kappa shape index (κ2) is 8.18. The largest absolute Gasteiger partial charge is 0.436 e. The number of carbonyl (C=O) groups is 1. The van der Waals surface area contributed by atoms with Gasteiger partial charge in [-0.2, -0.15) is 0 Å². The number of nitro benzene ring substituents is 1. The number of halogens is 1. The number of amides is 1. The Kier molecular flexibility index (Phi) is 5.28. The molecule has 0 fully saturated rings. The van der Waals surface area contributed by atoms with Crippen molar-refractivity contribution in [3.63, 3.8) is 0 Å². The molecule has 1 amide bonds. The molecule has 0 atom stereocenters. The normalized spacial score (nSPS) is 11.1. The van der Waals surface area contributed by atoms with Crippen molar-refractivity contribution in [2.45, 2.75) is 0 Å². The van der Waals surface area contributed by atoms with Gasteiger partial charge in [0.2, 0.25) is 11.8 Å². The molecule has 0 spiro atoms. The SMILES string of the molecule is O=C(C=Cc1ccc(Cl)c([N+](=O)[O-])c1)Nc1ccc2oc(-c3ccccc3)nc2c1. The van der Waals surface area contributed by atoms with Crippen LogP contribution in [0.3, 0.4) is 0 Å². The third-order valence-corrected chi connectivity index (χ3v) is 4.59. The molecule has 1 N–H and O–H groups in total. The van der Waals surface area contributed by atoms with Gasteiger partial charge >= 0.3 is 0 Å². The Morgan fingerprint density at radius 1 is 1.10 bits per heavy atom. The van der Waals surface area contributed by atoms with Crippen LogP contribution in [-0.2, 0) is 4.79 Å². The van der Waals surface area contributed by atoms with E-state index in [-0.39, 0.29) is 10.7 Å². The van der Waals surface area contributed by atoms with Crippen molar-refractivity contribution in [3.8, 4) is 11.5 Å². The molecule has 1 aromatic heterocycles. The summed E-state index contributed by atoms with van der Waals surface area (Å²) in [6.45, 7) is 0. The van der Waals surface area contributed by atoms with Gasteiger partial charge in [-0.05, 0) is 48.0 Å². The van der Waals surface area contributed by atoms with Crippen LogP contribution in [0.5, 0.6) is 0 Å². The van der Waals surface area contributed by atoms with Crippen LogP contribution in [0.2, 0.25) is 5.02 Å². The first kappa shape index (κ1) is 19.4. The van der Waals surface area contributed by atoms with Crippen molar-refractivity contribution in [2.75, 3.05) is 5.32 Å². The van der Waals surface area contributed by atoms with E-state index >= 15 is 0 Å². The maximum atomic E-state index is 12.2. The summed E-state index contributed by atoms with van der Waals surface area (Å²) < 4.78 is 5.76. The zero-order chi connectivity index (χ0) is 21.1. The Labute approximate surface area is 175 Å². The highest BCUT2D eigenvalue weighted by Crippen LogP contribution is 2.27. The van der Waals surface area contributed by atoms with E-state index in [0.717, 1.165) is 5.56 Å². The summed E-state index contributed by atoms with van der Waals surface area (Å²) in [5.41, 5.74) is 2.90. The number of oxazole rings is 1. The van der Waals surface area contributed by atoms with Crippen LogP contribution in [0.1, 0.15) is 5.56 Å². The van der Waals surface area contributed by atoms with Crippen LogP contribution in [0, 0.1) is 10.1 Å². The van der Waals surface area contributed by atoms with E-state index in [2.05, 4.69) is 10.3 Å². The predicted molar refractivity (Wildman–Crippen MR) is 115 cm³/mol. The molecule has 148 valence electrons. The lowest BCUT2D eigenvalue weighted by molar-refractivity contribution is -0.384. The molecule has 8 heteroatoms. The summed E-state index contributed by atoms with van der Waals surface area (Å²) in [5.74, 6) is 0.108. The first-order valence-electron chi connectivity index (χ1n) is 8.88. The number of benzene rings is 3. The maximum Gasteiger partial charge on any atom is 0.288 e. The van der Waals surface area contributed by atoms with Gasteiger partial charge in [-0.25, -0.2) is 4.98 Å². The smallest absolute Gasteiger partial charge is 0.288 e. The van der Waals surface area contributed by atoms with Crippen molar-refractivity contribution in [1.29, 1.82) is 0 Å². The number of anilines is 1. The molecular weight excluding hydrogens is 406 g/mol. The fourth-order valence-corrected chi connectivity index (χ4v) is 3.03. The number of rotatable bonds is 5. The lowest BCUT2D eigenvalue weighted by Crippen LogP contribution is -2.07. The van der Waals surface area contributed by atoms with E-state index in [1.807, 2.05) is 30.3 Å². The van der Waals surface area contributed by atoms with Gasteiger partial charge in [-0.1, -0.05) is 35.9 Å². The fraction of sp³-hybridized carbons (Fsp3) is 0. The topological polar surface area (TPSA) is 98.3 Å². The van der Waals surface area contributed by atoms with Gasteiger partial charge < -0.3 is 9.73 Å². The van der Waals surface area contributed by atoms with Gasteiger partial charge in [0.1, 0.15) is 10.5 Å². The number of aromatic nitrogens is 1. The van der Waals surface area contributed by atoms with Crippen LogP contribution >= 0.6 is 11.6 Å². The zero-order valence-corrected chi connectivity index (χ0v) is 16.2. The van der Waals surface area contributed by atoms with Crippen LogP contribution in [0.15, 0.2) is 77.2 Å². The number of hydrogen-bond donors (Lipinski definition) is 1. The van der Waals surface area contributed by atoms with Gasteiger partial charge in [0.25, 0.3) is 5.69 Å². The van der Waals surface area contributed by atoms with Gasteiger partial charge in [0.05, 0.1) is 4.92 Å². The average Bonchev–Trinajstić information content (AvgIpc) is 3.17. The quantitative estimate of drug-likeness (QED) is 0.254. The molecule has 0 saturated carbocycles. The van der Waals surface area contributed by atoms with E-state index in [9.17, 15) is 14.9 Å². The molecule has 0 unspecified atom stereocenters. The van der Waals surface area contributed by atoms with Gasteiger partial charge in [-0.15, -0.1) is 0 Å². The third-order valence-electron chi connectivity index (χ3n) is 4.27. The Balaban J connectivity index is 1.50. The number of nitro groups is 1. The molecular formula is C22H14ClN3O4. The summed E-state index contributed by atoms with van der Waals surface area (Å²) in [6.07, 6.45) is 2.76. The van der Waals surface area contributed by atoms with E-state index in [1.165, 1.54) is 24.3 Å². The second-order valence-corrected chi connectivity index (χ2v) is 6.77. The van der Waals surface area contributed by atoms with E-state index < -0.39 is 10.8 Å². The lowest BCUT2D eigenvalue weighted by atomic mass is 10.2. The molecule has 0 aliphatic carbocycles. The highest BCUT2D eigenvalue weighted by atomic mass is 35.5. The minimum absolute atomic E-state index is 0.0392. The molecule has 4 aromatic rings. The number of hydrogen-bond acceptors (Lipinski definition) is 5. The molecule has 30 heavy (non-hydrogen) atoms. The van der Waals surface area contributed by atoms with Crippen molar-refractivity contribution in [3.05, 3.63) is 93.5 Å². The number of carbonyl (C=O) groups excluding carboxylic acids is 1. The molecule has 4 rings (SSSR count). The molecule has 0 saturated heterocycles. The van der Waals surface area contributed by atoms with E-state index in [4.69, 9.17) is 16.0 Å². The first-order chi connectivity index (χ1) is 14.5. The van der Waals surface area contributed by atoms with Crippen LogP contribution < -0.4 is 5.32 Å². The summed E-state index contributed by atoms with van der Waals surface area (Å²) in [5, 5.41) is 13.7. The number of nitrogens with one attached hydrogen (secondary N) is 1. The van der Waals surface area contributed by atoms with E-state index in [0.29, 0.717) is 28.2 Å². The molecule has 0 radical (unpaired) electrons. The molecule has 7 nitrogen and oxygen atoms in total. The van der Waals surface area contributed by atoms with Crippen molar-refractivity contribution >= 4 is 46.1 Å². The number of nitrogens with zero attached hydrogens (tertiary/aromatic N) is 2. The number of fused-ring (bicyclic) bond motifs is 1. The average molecular weight is 420 g/mol. The molecule has 0 aliphatic heterocycles. The van der Waals surface area contributed by atoms with Gasteiger partial charge in [0.15, 0.2) is 5.58 Å². The molecule has 1 heterocycles. The highest BCUT2D eigenvalue weighted by molar-refractivity contribution is 6.32. The third kappa shape index (κ3) is 4.21. The maximum absolute atomic E-state index is 12.2. The minimum Gasteiger partial charge on any atom is -0.436 e. The first-order valence-corrected chi connectivity index (χ1v) is 9.26. The summed E-state index contributed by atoms with van der Waals surface area (Å²) in [6, 6.07) is 19.0. The highest BCUT2D eigenvalue weighted by Gasteiger charge is 2.12. The van der Waals surface area contributed by atoms with Gasteiger partial charge in [0, 0.05) is 23.4 Å². The fourth-order valence-electron chi connectivity index (χ4n) is 2.84. The standard InChI is InChI=1S/C22H14ClN3O4/c23-17-9-6-14(12-19(17)26(28)29)7-11-21(27)24-16-8-10-20-18(13-16)25-22(30-20)15-4-2-1-3-5-15/h1-13H,(H,24,27). The summed E-state index contributed by atoms with van der Waals surface area (Å²) in [7, 11) is 0. The minimum atomic E-state index is -0.573. The Morgan fingerprint density at radius 3 is 2.67 bits per heavy atom. The van der Waals surface area contributed by atoms with E-state index in [1.54, 1.807) is 24.3 Å².